The molecule has 3 nitrogen and oxygen atoms in total. The van der Waals surface area contributed by atoms with E-state index in [0.29, 0.717) is 11.6 Å². The lowest BCUT2D eigenvalue weighted by molar-refractivity contribution is -0.141. The molecular formula is C27H24Cl2F6N2O. The van der Waals surface area contributed by atoms with Crippen molar-refractivity contribution in [3.05, 3.63) is 98.3 Å². The summed E-state index contributed by atoms with van der Waals surface area (Å²) in [5.74, 6) is -0.780. The fourth-order valence-electron chi connectivity index (χ4n) is 3.75. The Balaban J connectivity index is 1.95. The SMILES string of the molecule is CC(C)(C)c1ccc(CN(CCc2cc(Cl)cc(C(F)(F)F)c2)C(=O)c2cc(Cl)nc(C(F)(F)F)c2)cc1. The van der Waals surface area contributed by atoms with Crippen molar-refractivity contribution in [3.63, 3.8) is 0 Å². The van der Waals surface area contributed by atoms with E-state index in [-0.39, 0.29) is 41.1 Å². The Morgan fingerprint density at radius 2 is 1.45 bits per heavy atom. The summed E-state index contributed by atoms with van der Waals surface area (Å²) in [5, 5.41) is -0.636. The lowest BCUT2D eigenvalue weighted by atomic mass is 9.87. The van der Waals surface area contributed by atoms with Crippen LogP contribution in [0.3, 0.4) is 0 Å². The van der Waals surface area contributed by atoms with Crippen LogP contribution in [-0.4, -0.2) is 22.3 Å². The predicted molar refractivity (Wildman–Crippen MR) is 134 cm³/mol. The molecule has 0 atom stereocenters. The summed E-state index contributed by atoms with van der Waals surface area (Å²) in [7, 11) is 0. The van der Waals surface area contributed by atoms with E-state index >= 15 is 0 Å². The summed E-state index contributed by atoms with van der Waals surface area (Å²) >= 11 is 11.7. The number of aromatic nitrogens is 1. The Hall–Kier alpha value is -2.78. The van der Waals surface area contributed by atoms with Gasteiger partial charge in [-0.25, -0.2) is 4.98 Å². The molecule has 0 aliphatic rings. The number of halogens is 8. The van der Waals surface area contributed by atoms with Crippen LogP contribution in [0, 0.1) is 0 Å². The molecule has 1 amide bonds. The van der Waals surface area contributed by atoms with Crippen molar-refractivity contribution in [2.24, 2.45) is 0 Å². The van der Waals surface area contributed by atoms with Crippen LogP contribution in [0.15, 0.2) is 54.6 Å². The molecule has 1 heterocycles. The molecule has 38 heavy (non-hydrogen) atoms. The number of amides is 1. The zero-order chi connectivity index (χ0) is 28.5. The second-order valence-corrected chi connectivity index (χ2v) is 10.7. The van der Waals surface area contributed by atoms with Crippen LogP contribution in [0.1, 0.15) is 59.1 Å². The van der Waals surface area contributed by atoms with Crippen LogP contribution in [0.4, 0.5) is 26.3 Å². The lowest BCUT2D eigenvalue weighted by Gasteiger charge is -2.25. The van der Waals surface area contributed by atoms with E-state index in [1.807, 2.05) is 32.9 Å². The van der Waals surface area contributed by atoms with E-state index in [4.69, 9.17) is 23.2 Å². The Morgan fingerprint density at radius 1 is 0.816 bits per heavy atom. The molecule has 0 N–H and O–H groups in total. The van der Waals surface area contributed by atoms with Crippen LogP contribution in [0.5, 0.6) is 0 Å². The fourth-order valence-corrected chi connectivity index (χ4v) is 4.22. The van der Waals surface area contributed by atoms with Crippen molar-refractivity contribution in [1.82, 2.24) is 9.88 Å². The summed E-state index contributed by atoms with van der Waals surface area (Å²) in [6, 6.07) is 12.1. The van der Waals surface area contributed by atoms with Crippen molar-refractivity contribution in [3.8, 4) is 0 Å². The predicted octanol–water partition coefficient (Wildman–Crippen LogP) is 8.61. The van der Waals surface area contributed by atoms with Crippen molar-refractivity contribution >= 4 is 29.1 Å². The van der Waals surface area contributed by atoms with Crippen molar-refractivity contribution < 1.29 is 31.1 Å². The number of alkyl halides is 6. The van der Waals surface area contributed by atoms with Gasteiger partial charge in [0.25, 0.3) is 5.91 Å². The summed E-state index contributed by atoms with van der Waals surface area (Å²) in [4.78, 5) is 17.9. The van der Waals surface area contributed by atoms with E-state index in [9.17, 15) is 31.1 Å². The zero-order valence-corrected chi connectivity index (χ0v) is 22.2. The molecule has 3 aromatic rings. The van der Waals surface area contributed by atoms with Crippen molar-refractivity contribution in [2.75, 3.05) is 6.54 Å². The first kappa shape index (κ1) is 29.8. The minimum atomic E-state index is -4.83. The summed E-state index contributed by atoms with van der Waals surface area (Å²) in [6.07, 6.45) is -9.48. The molecule has 204 valence electrons. The van der Waals surface area contributed by atoms with E-state index < -0.39 is 34.7 Å². The molecule has 0 saturated carbocycles. The average molecular weight is 577 g/mol. The van der Waals surface area contributed by atoms with Gasteiger partial charge in [0.1, 0.15) is 10.8 Å². The third kappa shape index (κ3) is 7.86. The van der Waals surface area contributed by atoms with Gasteiger partial charge >= 0.3 is 12.4 Å². The van der Waals surface area contributed by atoms with Gasteiger partial charge in [-0.2, -0.15) is 26.3 Å². The highest BCUT2D eigenvalue weighted by Crippen LogP contribution is 2.33. The highest BCUT2D eigenvalue weighted by atomic mass is 35.5. The smallest absolute Gasteiger partial charge is 0.334 e. The van der Waals surface area contributed by atoms with Crippen LogP contribution in [0.2, 0.25) is 10.2 Å². The molecule has 0 spiro atoms. The van der Waals surface area contributed by atoms with Crippen LogP contribution in [-0.2, 0) is 30.7 Å². The largest absolute Gasteiger partial charge is 0.433 e. The number of rotatable bonds is 6. The van der Waals surface area contributed by atoms with Gasteiger partial charge in [-0.15, -0.1) is 0 Å². The second-order valence-electron chi connectivity index (χ2n) is 9.83. The topological polar surface area (TPSA) is 33.2 Å². The minimum absolute atomic E-state index is 0.00274. The summed E-state index contributed by atoms with van der Waals surface area (Å²) < 4.78 is 79.6. The van der Waals surface area contributed by atoms with Gasteiger partial charge in [-0.05, 0) is 58.9 Å². The number of nitrogens with zero attached hydrogens (tertiary/aromatic N) is 2. The van der Waals surface area contributed by atoms with Crippen LogP contribution < -0.4 is 0 Å². The summed E-state index contributed by atoms with van der Waals surface area (Å²) in [5.41, 5.74) is -0.796. The minimum Gasteiger partial charge on any atom is -0.334 e. The Morgan fingerprint density at radius 3 is 2.00 bits per heavy atom. The Bertz CT molecular complexity index is 1300. The third-order valence-corrected chi connectivity index (χ3v) is 6.18. The maximum atomic E-state index is 13.4. The molecule has 0 radical (unpaired) electrons. The molecule has 3 rings (SSSR count). The van der Waals surface area contributed by atoms with Crippen molar-refractivity contribution in [2.45, 2.75) is 51.5 Å². The first-order chi connectivity index (χ1) is 17.4. The van der Waals surface area contributed by atoms with Crippen LogP contribution >= 0.6 is 23.2 Å². The molecule has 0 aliphatic heterocycles. The van der Waals surface area contributed by atoms with E-state index in [0.717, 1.165) is 23.8 Å². The number of hydrogen-bond acceptors (Lipinski definition) is 2. The monoisotopic (exact) mass is 576 g/mol. The van der Waals surface area contributed by atoms with Crippen LogP contribution in [0.25, 0.3) is 0 Å². The quantitative estimate of drug-likeness (QED) is 0.217. The molecule has 2 aromatic carbocycles. The highest BCUT2D eigenvalue weighted by Gasteiger charge is 2.34. The lowest BCUT2D eigenvalue weighted by Crippen LogP contribution is -2.33. The Labute approximate surface area is 226 Å². The highest BCUT2D eigenvalue weighted by molar-refractivity contribution is 6.30. The zero-order valence-electron chi connectivity index (χ0n) is 20.6. The molecule has 1 aromatic heterocycles. The van der Waals surface area contributed by atoms with Gasteiger partial charge in [-0.1, -0.05) is 68.2 Å². The van der Waals surface area contributed by atoms with Gasteiger partial charge in [-0.3, -0.25) is 4.79 Å². The molecule has 11 heteroatoms. The van der Waals surface area contributed by atoms with Gasteiger partial charge in [0, 0.05) is 23.7 Å². The van der Waals surface area contributed by atoms with E-state index in [2.05, 4.69) is 4.98 Å². The van der Waals surface area contributed by atoms with Gasteiger partial charge in [0.2, 0.25) is 0 Å². The number of carbonyl (C=O) groups is 1. The maximum Gasteiger partial charge on any atom is 0.433 e. The standard InChI is InChI=1S/C27H24Cl2F6N2O/c1-25(2,3)19-6-4-16(5-7-19)15-37(9-8-17-10-20(26(30,31)32)14-21(28)11-17)24(38)18-12-22(27(33,34)35)36-23(29)13-18/h4-7,10-14H,8-9,15H2,1-3H3. The fraction of sp³-hybridized carbons (Fsp3) is 0.333. The Kier molecular flexibility index (Phi) is 8.73. The van der Waals surface area contributed by atoms with E-state index in [1.54, 1.807) is 12.1 Å². The van der Waals surface area contributed by atoms with Gasteiger partial charge in [0.15, 0.2) is 0 Å². The molecule has 0 unspecified atom stereocenters. The molecule has 0 saturated heterocycles. The second kappa shape index (κ2) is 11.1. The number of pyridine rings is 1. The number of benzene rings is 2. The summed E-state index contributed by atoms with van der Waals surface area (Å²) in [6.45, 7) is 5.99. The maximum absolute atomic E-state index is 13.4. The normalized spacial score (nSPS) is 12.5. The van der Waals surface area contributed by atoms with Crippen molar-refractivity contribution in [1.29, 1.82) is 0 Å². The molecule has 0 bridgehead atoms. The molecule has 0 fully saturated rings. The van der Waals surface area contributed by atoms with Gasteiger partial charge in [0.05, 0.1) is 5.56 Å². The van der Waals surface area contributed by atoms with Gasteiger partial charge < -0.3 is 4.90 Å². The average Bonchev–Trinajstić information content (AvgIpc) is 2.79. The van der Waals surface area contributed by atoms with E-state index in [1.165, 1.54) is 11.0 Å². The molecule has 0 aliphatic carbocycles. The molecular weight excluding hydrogens is 553 g/mol. The number of hydrogen-bond donors (Lipinski definition) is 0. The first-order valence-corrected chi connectivity index (χ1v) is 12.2. The number of carbonyl (C=O) groups excluding carboxylic acids is 1. The first-order valence-electron chi connectivity index (χ1n) is 11.4. The third-order valence-electron chi connectivity index (χ3n) is 5.77.